The molecular formula is C33H35N3O4S. The number of carbonyl (C=O) groups is 1. The molecule has 4 aromatic rings. The highest BCUT2D eigenvalue weighted by molar-refractivity contribution is 7.99. The Labute approximate surface area is 245 Å². The Morgan fingerprint density at radius 2 is 1.44 bits per heavy atom. The average Bonchev–Trinajstić information content (AvgIpc) is 3.03. The summed E-state index contributed by atoms with van der Waals surface area (Å²) in [6.45, 7) is 3.05. The lowest BCUT2D eigenvalue weighted by molar-refractivity contribution is -0.268. The van der Waals surface area contributed by atoms with Gasteiger partial charge in [0.05, 0.1) is 23.8 Å². The Morgan fingerprint density at radius 1 is 0.805 bits per heavy atom. The molecule has 1 aromatic heterocycles. The Morgan fingerprint density at radius 3 is 2.10 bits per heavy atom. The molecule has 0 spiro atoms. The lowest BCUT2D eigenvalue weighted by Gasteiger charge is -2.41. The van der Waals surface area contributed by atoms with Crippen LogP contribution in [-0.2, 0) is 29.2 Å². The number of aliphatic hydroxyl groups excluding tert-OH is 1. The van der Waals surface area contributed by atoms with Gasteiger partial charge in [0.25, 0.3) is 0 Å². The van der Waals surface area contributed by atoms with Gasteiger partial charge in [0, 0.05) is 36.5 Å². The predicted octanol–water partition coefficient (Wildman–Crippen LogP) is 6.16. The maximum Gasteiger partial charge on any atom is 0.315 e. The van der Waals surface area contributed by atoms with Gasteiger partial charge in [-0.25, -0.2) is 9.78 Å². The van der Waals surface area contributed by atoms with E-state index in [9.17, 15) is 9.90 Å². The van der Waals surface area contributed by atoms with Gasteiger partial charge in [-0.1, -0.05) is 91.9 Å². The molecule has 1 fully saturated rings. The molecule has 0 saturated carbocycles. The molecule has 2 heterocycles. The topological polar surface area (TPSA) is 92.7 Å². The van der Waals surface area contributed by atoms with Crippen molar-refractivity contribution < 1.29 is 19.4 Å². The average molecular weight is 570 g/mol. The van der Waals surface area contributed by atoms with Crippen LogP contribution in [0.3, 0.4) is 0 Å². The molecule has 1 aliphatic rings. The van der Waals surface area contributed by atoms with E-state index in [0.717, 1.165) is 38.6 Å². The van der Waals surface area contributed by atoms with Crippen molar-refractivity contribution in [2.24, 2.45) is 5.92 Å². The van der Waals surface area contributed by atoms with E-state index < -0.39 is 6.29 Å². The van der Waals surface area contributed by atoms with Crippen LogP contribution in [0.15, 0.2) is 108 Å². The van der Waals surface area contributed by atoms with Crippen molar-refractivity contribution in [1.29, 1.82) is 0 Å². The van der Waals surface area contributed by atoms with E-state index in [1.807, 2.05) is 97.1 Å². The first-order chi connectivity index (χ1) is 20.1. The second-order valence-electron chi connectivity index (χ2n) is 10.1. The number of pyridine rings is 1. The van der Waals surface area contributed by atoms with Gasteiger partial charge in [-0.05, 0) is 34.4 Å². The van der Waals surface area contributed by atoms with Gasteiger partial charge in [0.2, 0.25) is 0 Å². The van der Waals surface area contributed by atoms with E-state index in [2.05, 4.69) is 22.5 Å². The summed E-state index contributed by atoms with van der Waals surface area (Å²) in [5, 5.41) is 16.2. The van der Waals surface area contributed by atoms with Crippen LogP contribution in [0.5, 0.6) is 0 Å². The number of ether oxygens (including phenoxy) is 2. The summed E-state index contributed by atoms with van der Waals surface area (Å²) in [4.78, 5) is 16.7. The molecule has 5 rings (SSSR count). The Kier molecular flexibility index (Phi) is 10.0. The van der Waals surface area contributed by atoms with Gasteiger partial charge in [0.15, 0.2) is 6.29 Å². The van der Waals surface area contributed by atoms with Crippen molar-refractivity contribution in [3.8, 4) is 0 Å². The van der Waals surface area contributed by atoms with Gasteiger partial charge in [-0.15, -0.1) is 11.8 Å². The molecule has 0 radical (unpaired) electrons. The van der Waals surface area contributed by atoms with Crippen LogP contribution in [0, 0.1) is 5.92 Å². The molecule has 8 heteroatoms. The maximum atomic E-state index is 12.3. The Hall–Kier alpha value is -3.69. The summed E-state index contributed by atoms with van der Waals surface area (Å²) in [6.07, 6.45) is 1.01. The molecule has 3 aromatic carbocycles. The van der Waals surface area contributed by atoms with Crippen LogP contribution < -0.4 is 10.6 Å². The molecule has 0 aliphatic carbocycles. The van der Waals surface area contributed by atoms with E-state index in [1.165, 1.54) is 0 Å². The number of nitrogens with zero attached hydrogens (tertiary/aromatic N) is 1. The molecular weight excluding hydrogens is 534 g/mol. The third kappa shape index (κ3) is 7.95. The predicted molar refractivity (Wildman–Crippen MR) is 160 cm³/mol. The smallest absolute Gasteiger partial charge is 0.315 e. The van der Waals surface area contributed by atoms with E-state index >= 15 is 0 Å². The van der Waals surface area contributed by atoms with Gasteiger partial charge in [0.1, 0.15) is 0 Å². The van der Waals surface area contributed by atoms with Crippen LogP contribution in [0.25, 0.3) is 0 Å². The van der Waals surface area contributed by atoms with Crippen LogP contribution in [0.1, 0.15) is 47.1 Å². The van der Waals surface area contributed by atoms with Crippen LogP contribution >= 0.6 is 11.8 Å². The van der Waals surface area contributed by atoms with E-state index in [1.54, 1.807) is 18.0 Å². The molecule has 1 saturated heterocycles. The zero-order valence-corrected chi connectivity index (χ0v) is 23.8. The number of benzene rings is 3. The maximum absolute atomic E-state index is 12.3. The molecule has 3 N–H and O–H groups in total. The number of aliphatic hydroxyl groups is 1. The molecule has 4 atom stereocenters. The fourth-order valence-electron chi connectivity index (χ4n) is 4.73. The van der Waals surface area contributed by atoms with E-state index in [0.29, 0.717) is 13.1 Å². The lowest BCUT2D eigenvalue weighted by atomic mass is 9.91. The van der Waals surface area contributed by atoms with Crippen LogP contribution in [-0.4, -0.2) is 28.0 Å². The van der Waals surface area contributed by atoms with Crippen molar-refractivity contribution in [3.05, 3.63) is 131 Å². The third-order valence-electron chi connectivity index (χ3n) is 7.16. The molecule has 1 aliphatic heterocycles. The highest BCUT2D eigenvalue weighted by Gasteiger charge is 2.38. The van der Waals surface area contributed by atoms with E-state index in [4.69, 9.17) is 9.47 Å². The second-order valence-corrected chi connectivity index (χ2v) is 11.1. The van der Waals surface area contributed by atoms with Gasteiger partial charge in [-0.2, -0.15) is 0 Å². The first-order valence-electron chi connectivity index (χ1n) is 13.8. The number of thioether (sulfide) groups is 1. The number of rotatable bonds is 10. The Balaban J connectivity index is 1.24. The SMILES string of the molecule is CC1C(CSc2ccccn2)OC(c2ccc(CNC(=O)NCc3ccccc3)cc2)OC1c1ccc(CO)cc1. The molecule has 212 valence electrons. The number of aromatic nitrogens is 1. The minimum absolute atomic E-state index is 0.00628. The number of carbonyl (C=O) groups excluding carboxylic acids is 1. The van der Waals surface area contributed by atoms with Crippen molar-refractivity contribution in [2.75, 3.05) is 5.75 Å². The number of urea groups is 1. The van der Waals surface area contributed by atoms with Crippen molar-refractivity contribution >= 4 is 17.8 Å². The normalized spacial score (nSPS) is 20.3. The molecule has 2 amide bonds. The van der Waals surface area contributed by atoms with Crippen LogP contribution in [0.4, 0.5) is 4.79 Å². The Bertz CT molecular complexity index is 1370. The summed E-state index contributed by atoms with van der Waals surface area (Å²) in [7, 11) is 0. The summed E-state index contributed by atoms with van der Waals surface area (Å²) >= 11 is 1.67. The largest absolute Gasteiger partial charge is 0.392 e. The summed E-state index contributed by atoms with van der Waals surface area (Å²) in [5.41, 5.74) is 4.86. The summed E-state index contributed by atoms with van der Waals surface area (Å²) in [5.74, 6) is 0.837. The molecule has 41 heavy (non-hydrogen) atoms. The zero-order valence-electron chi connectivity index (χ0n) is 23.0. The zero-order chi connectivity index (χ0) is 28.4. The number of hydrogen-bond acceptors (Lipinski definition) is 6. The third-order valence-corrected chi connectivity index (χ3v) is 8.19. The van der Waals surface area contributed by atoms with Crippen LogP contribution in [0.2, 0.25) is 0 Å². The quantitative estimate of drug-likeness (QED) is 0.198. The lowest BCUT2D eigenvalue weighted by Crippen LogP contribution is -2.38. The van der Waals surface area contributed by atoms with Crippen molar-refractivity contribution in [2.45, 2.75) is 50.1 Å². The van der Waals surface area contributed by atoms with Crippen molar-refractivity contribution in [3.63, 3.8) is 0 Å². The highest BCUT2D eigenvalue weighted by Crippen LogP contribution is 2.42. The second kappa shape index (κ2) is 14.3. The fourth-order valence-corrected chi connectivity index (χ4v) is 5.75. The monoisotopic (exact) mass is 569 g/mol. The number of nitrogens with one attached hydrogen (secondary N) is 2. The highest BCUT2D eigenvalue weighted by atomic mass is 32.2. The minimum Gasteiger partial charge on any atom is -0.392 e. The number of amides is 2. The number of hydrogen-bond donors (Lipinski definition) is 3. The fraction of sp³-hybridized carbons (Fsp3) is 0.273. The standard InChI is InChI=1S/C33H35N3O4S/c1-23-29(22-41-30-9-5-6-18-34-30)39-32(40-31(23)27-14-12-26(21-37)13-15-27)28-16-10-25(11-17-28)20-36-33(38)35-19-24-7-3-2-4-8-24/h2-18,23,29,31-32,37H,19-22H2,1H3,(H2,35,36,38). The molecule has 7 nitrogen and oxygen atoms in total. The molecule has 0 bridgehead atoms. The van der Waals surface area contributed by atoms with Gasteiger partial charge >= 0.3 is 6.03 Å². The van der Waals surface area contributed by atoms with Gasteiger partial charge in [-0.3, -0.25) is 0 Å². The summed E-state index contributed by atoms with van der Waals surface area (Å²) in [6, 6.07) is 31.4. The summed E-state index contributed by atoms with van der Waals surface area (Å²) < 4.78 is 13.1. The minimum atomic E-state index is -0.542. The first-order valence-corrected chi connectivity index (χ1v) is 14.8. The molecule has 4 unspecified atom stereocenters. The van der Waals surface area contributed by atoms with E-state index in [-0.39, 0.29) is 30.8 Å². The first kappa shape index (κ1) is 28.8. The van der Waals surface area contributed by atoms with Gasteiger partial charge < -0.3 is 25.2 Å². The van der Waals surface area contributed by atoms with Crippen molar-refractivity contribution in [1.82, 2.24) is 15.6 Å².